The number of anilines is 2. The molecule has 0 unspecified atom stereocenters. The van der Waals surface area contributed by atoms with Crippen LogP contribution in [0.2, 0.25) is 10.0 Å². The van der Waals surface area contributed by atoms with Crippen LogP contribution >= 0.6 is 23.2 Å². The lowest BCUT2D eigenvalue weighted by atomic mass is 9.98. The first-order chi connectivity index (χ1) is 20.3. The van der Waals surface area contributed by atoms with Crippen LogP contribution in [0.25, 0.3) is 0 Å². The zero-order chi connectivity index (χ0) is 29.6. The number of urea groups is 1. The zero-order valence-corrected chi connectivity index (χ0v) is 25.1. The van der Waals surface area contributed by atoms with Crippen LogP contribution in [-0.4, -0.2) is 65.6 Å². The van der Waals surface area contributed by atoms with Gasteiger partial charge in [0.2, 0.25) is 0 Å². The minimum Gasteiger partial charge on any atom is -0.353 e. The van der Waals surface area contributed by atoms with Gasteiger partial charge in [0.05, 0.1) is 5.02 Å². The summed E-state index contributed by atoms with van der Waals surface area (Å²) >= 11 is 12.7. The van der Waals surface area contributed by atoms with Crippen LogP contribution in [0.4, 0.5) is 25.1 Å². The highest BCUT2D eigenvalue weighted by Crippen LogP contribution is 2.30. The monoisotopic (exact) mass is 616 g/mol. The molecule has 0 saturated carbocycles. The van der Waals surface area contributed by atoms with E-state index in [9.17, 15) is 13.6 Å². The lowest BCUT2D eigenvalue weighted by Crippen LogP contribution is -2.58. The number of amides is 2. The summed E-state index contributed by atoms with van der Waals surface area (Å²) in [6.07, 6.45) is 5.08. The summed E-state index contributed by atoms with van der Waals surface area (Å²) in [5, 5.41) is 6.49. The van der Waals surface area contributed by atoms with Gasteiger partial charge in [-0.05, 0) is 73.8 Å². The number of hydrogen-bond acceptors (Lipinski definition) is 5. The second-order valence-corrected chi connectivity index (χ2v) is 11.8. The van der Waals surface area contributed by atoms with Gasteiger partial charge in [0.1, 0.15) is 5.82 Å². The molecule has 2 aliphatic heterocycles. The number of hydrogen-bond donors (Lipinski definition) is 2. The predicted octanol–water partition coefficient (Wildman–Crippen LogP) is 6.55. The van der Waals surface area contributed by atoms with Crippen molar-refractivity contribution in [2.24, 2.45) is 0 Å². The Balaban J connectivity index is 1.11. The molecule has 7 nitrogen and oxygen atoms in total. The van der Waals surface area contributed by atoms with E-state index in [1.807, 2.05) is 18.2 Å². The molecular weight excluding hydrogens is 581 g/mol. The van der Waals surface area contributed by atoms with Gasteiger partial charge in [0, 0.05) is 67.8 Å². The molecule has 2 aromatic carbocycles. The highest BCUT2D eigenvalue weighted by atomic mass is 35.5. The molecule has 224 valence electrons. The molecule has 0 bridgehead atoms. The molecule has 11 heteroatoms. The van der Waals surface area contributed by atoms with E-state index >= 15 is 0 Å². The van der Waals surface area contributed by atoms with Gasteiger partial charge in [0.25, 0.3) is 0 Å². The predicted molar refractivity (Wildman–Crippen MR) is 164 cm³/mol. The lowest BCUT2D eigenvalue weighted by molar-refractivity contribution is 0.0610. The van der Waals surface area contributed by atoms with E-state index in [4.69, 9.17) is 23.2 Å². The summed E-state index contributed by atoms with van der Waals surface area (Å²) in [7, 11) is 0. The van der Waals surface area contributed by atoms with Crippen LogP contribution in [0.3, 0.4) is 0 Å². The van der Waals surface area contributed by atoms with E-state index in [1.54, 1.807) is 6.20 Å². The Morgan fingerprint density at radius 2 is 1.74 bits per heavy atom. The van der Waals surface area contributed by atoms with E-state index in [1.165, 1.54) is 11.6 Å². The number of carbonyl (C=O) groups excluding carboxylic acids is 1. The van der Waals surface area contributed by atoms with Crippen molar-refractivity contribution in [2.45, 2.75) is 51.4 Å². The average molecular weight is 618 g/mol. The normalized spacial score (nSPS) is 18.7. The summed E-state index contributed by atoms with van der Waals surface area (Å²) < 4.78 is 26.5. The molecule has 3 aromatic rings. The fourth-order valence-electron chi connectivity index (χ4n) is 5.89. The third kappa shape index (κ3) is 7.69. The number of piperidine rings is 1. The van der Waals surface area contributed by atoms with E-state index in [0.29, 0.717) is 17.1 Å². The number of halogens is 4. The molecule has 2 N–H and O–H groups in total. The Bertz CT molecular complexity index is 1370. The van der Waals surface area contributed by atoms with Crippen LogP contribution in [0.15, 0.2) is 54.7 Å². The van der Waals surface area contributed by atoms with Gasteiger partial charge in [0.15, 0.2) is 11.6 Å². The second kappa shape index (κ2) is 14.0. The van der Waals surface area contributed by atoms with Crippen LogP contribution in [0.5, 0.6) is 0 Å². The quantitative estimate of drug-likeness (QED) is 0.300. The van der Waals surface area contributed by atoms with Crippen molar-refractivity contribution in [2.75, 3.05) is 42.9 Å². The first kappa shape index (κ1) is 30.5. The second-order valence-electron chi connectivity index (χ2n) is 11.0. The first-order valence-corrected chi connectivity index (χ1v) is 15.2. The maximum atomic E-state index is 13.4. The summed E-state index contributed by atoms with van der Waals surface area (Å²) in [4.78, 5) is 24.3. The van der Waals surface area contributed by atoms with E-state index in [0.717, 1.165) is 87.1 Å². The maximum absolute atomic E-state index is 13.4. The molecule has 2 saturated heterocycles. The lowest BCUT2D eigenvalue weighted by Gasteiger charge is -2.47. The van der Waals surface area contributed by atoms with Crippen molar-refractivity contribution in [1.29, 1.82) is 0 Å². The molecule has 2 aliphatic rings. The number of pyridine rings is 1. The number of likely N-dealkylation sites (tertiary alicyclic amines) is 1. The Morgan fingerprint density at radius 1 is 0.976 bits per heavy atom. The highest BCUT2D eigenvalue weighted by Gasteiger charge is 2.34. The van der Waals surface area contributed by atoms with Gasteiger partial charge in [-0.1, -0.05) is 42.3 Å². The van der Waals surface area contributed by atoms with E-state index in [2.05, 4.69) is 49.4 Å². The van der Waals surface area contributed by atoms with Crippen molar-refractivity contribution < 1.29 is 13.6 Å². The first-order valence-electron chi connectivity index (χ1n) is 14.4. The standard InChI is InChI=1S/C31H36Cl2F2N6O/c1-2-25-20-40(13-14-41(25)26-9-11-39(12-10-26)19-21-3-5-23(32)6-4-21)30-27(33)15-22(17-36-30)18-37-31(42)38-24-7-8-28(34)29(35)16-24/h3-8,15-17,25-26H,2,9-14,18-20H2,1H3,(H2,37,38,42)/t25-/m0/s1. The Morgan fingerprint density at radius 3 is 2.43 bits per heavy atom. The minimum atomic E-state index is -1.03. The number of carbonyl (C=O) groups is 1. The van der Waals surface area contributed by atoms with Crippen LogP contribution in [-0.2, 0) is 13.1 Å². The van der Waals surface area contributed by atoms with Gasteiger partial charge >= 0.3 is 6.03 Å². The van der Waals surface area contributed by atoms with E-state index in [-0.39, 0.29) is 12.2 Å². The van der Waals surface area contributed by atoms with Crippen molar-refractivity contribution in [3.63, 3.8) is 0 Å². The third-order valence-electron chi connectivity index (χ3n) is 8.15. The average Bonchev–Trinajstić information content (AvgIpc) is 2.99. The molecule has 0 spiro atoms. The molecule has 0 radical (unpaired) electrons. The number of piperazine rings is 1. The summed E-state index contributed by atoms with van der Waals surface area (Å²) in [6, 6.07) is 13.6. The molecular formula is C31H36Cl2F2N6O. The van der Waals surface area contributed by atoms with Crippen molar-refractivity contribution in [3.05, 3.63) is 87.5 Å². The molecule has 3 heterocycles. The molecule has 42 heavy (non-hydrogen) atoms. The smallest absolute Gasteiger partial charge is 0.319 e. The molecule has 0 aliphatic carbocycles. The number of aromatic nitrogens is 1. The van der Waals surface area contributed by atoms with Crippen molar-refractivity contribution in [1.82, 2.24) is 20.1 Å². The number of rotatable bonds is 8. The van der Waals surface area contributed by atoms with Crippen LogP contribution in [0, 0.1) is 11.6 Å². The van der Waals surface area contributed by atoms with Gasteiger partial charge in [-0.15, -0.1) is 0 Å². The SMILES string of the molecule is CC[C@H]1CN(c2ncc(CNC(=O)Nc3ccc(F)c(F)c3)cc2Cl)CCN1C1CCN(Cc2ccc(Cl)cc2)CC1. The molecule has 5 rings (SSSR count). The van der Waals surface area contributed by atoms with Crippen LogP contribution in [0.1, 0.15) is 37.3 Å². The Labute approximate surface area is 255 Å². The third-order valence-corrected chi connectivity index (χ3v) is 8.68. The van der Waals surface area contributed by atoms with Crippen molar-refractivity contribution >= 4 is 40.7 Å². The van der Waals surface area contributed by atoms with Gasteiger partial charge in [-0.3, -0.25) is 9.80 Å². The molecule has 1 aromatic heterocycles. The summed E-state index contributed by atoms with van der Waals surface area (Å²) in [5.41, 5.74) is 2.19. The van der Waals surface area contributed by atoms with Gasteiger partial charge < -0.3 is 15.5 Å². The maximum Gasteiger partial charge on any atom is 0.319 e. The Hall–Kier alpha value is -2.98. The molecule has 1 atom stereocenters. The summed E-state index contributed by atoms with van der Waals surface area (Å²) in [5.74, 6) is -1.25. The Kier molecular flexibility index (Phi) is 10.2. The van der Waals surface area contributed by atoms with Crippen molar-refractivity contribution in [3.8, 4) is 0 Å². The van der Waals surface area contributed by atoms with Gasteiger partial charge in [-0.2, -0.15) is 0 Å². The number of nitrogens with zero attached hydrogens (tertiary/aromatic N) is 4. The zero-order valence-electron chi connectivity index (χ0n) is 23.6. The fourth-order valence-corrected chi connectivity index (χ4v) is 6.33. The van der Waals surface area contributed by atoms with E-state index < -0.39 is 17.7 Å². The fraction of sp³-hybridized carbons (Fsp3) is 0.419. The molecule has 2 amide bonds. The van der Waals surface area contributed by atoms with Crippen LogP contribution < -0.4 is 15.5 Å². The number of benzene rings is 2. The highest BCUT2D eigenvalue weighted by molar-refractivity contribution is 6.33. The van der Waals surface area contributed by atoms with Gasteiger partial charge in [-0.25, -0.2) is 18.6 Å². The summed E-state index contributed by atoms with van der Waals surface area (Å²) in [6.45, 7) is 8.24. The minimum absolute atomic E-state index is 0.158. The topological polar surface area (TPSA) is 63.7 Å². The largest absolute Gasteiger partial charge is 0.353 e. The molecule has 2 fully saturated rings. The number of nitrogens with one attached hydrogen (secondary N) is 2.